The number of allylic oxidation sites excluding steroid dienone is 8. The highest BCUT2D eigenvalue weighted by Crippen LogP contribution is 2.17. The molecule has 0 amide bonds. The Labute approximate surface area is 428 Å². The van der Waals surface area contributed by atoms with Crippen molar-refractivity contribution in [2.45, 2.75) is 322 Å². The first-order chi connectivity index (χ1) is 34.0. The van der Waals surface area contributed by atoms with Crippen LogP contribution in [0.2, 0.25) is 0 Å². The van der Waals surface area contributed by atoms with Gasteiger partial charge in [0.15, 0.2) is 6.10 Å². The first kappa shape index (κ1) is 66.4. The Kier molecular flexibility index (Phi) is 55.7. The van der Waals surface area contributed by atoms with Crippen LogP contribution in [-0.4, -0.2) is 37.2 Å². The zero-order chi connectivity index (χ0) is 50.0. The number of carbonyl (C=O) groups excluding carboxylic acids is 3. The molecule has 0 spiro atoms. The van der Waals surface area contributed by atoms with Gasteiger partial charge in [-0.3, -0.25) is 14.4 Å². The molecular weight excluding hydrogens is 853 g/mol. The van der Waals surface area contributed by atoms with E-state index in [4.69, 9.17) is 14.2 Å². The molecule has 6 heteroatoms. The van der Waals surface area contributed by atoms with Crippen LogP contribution in [0.15, 0.2) is 48.6 Å². The molecule has 0 aromatic rings. The highest BCUT2D eigenvalue weighted by molar-refractivity contribution is 5.71. The fourth-order valence-electron chi connectivity index (χ4n) is 8.75. The van der Waals surface area contributed by atoms with Crippen molar-refractivity contribution in [1.29, 1.82) is 0 Å². The normalized spacial score (nSPS) is 12.3. The lowest BCUT2D eigenvalue weighted by atomic mass is 10.0. The molecule has 0 N–H and O–H groups in total. The quantitative estimate of drug-likeness (QED) is 0.0262. The molecular formula is C63H114O6. The van der Waals surface area contributed by atoms with Crippen LogP contribution in [0.5, 0.6) is 0 Å². The van der Waals surface area contributed by atoms with Gasteiger partial charge in [-0.1, -0.05) is 268 Å². The van der Waals surface area contributed by atoms with Gasteiger partial charge < -0.3 is 14.2 Å². The molecule has 0 rings (SSSR count). The van der Waals surface area contributed by atoms with Gasteiger partial charge in [0.05, 0.1) is 0 Å². The molecule has 0 aromatic heterocycles. The van der Waals surface area contributed by atoms with Crippen molar-refractivity contribution in [3.05, 3.63) is 48.6 Å². The lowest BCUT2D eigenvalue weighted by Gasteiger charge is -2.18. The van der Waals surface area contributed by atoms with Gasteiger partial charge in [-0.25, -0.2) is 0 Å². The molecule has 0 heterocycles. The first-order valence-electron chi connectivity index (χ1n) is 30.1. The molecule has 0 aliphatic rings. The minimum atomic E-state index is -0.774. The maximum atomic E-state index is 12.8. The zero-order valence-electron chi connectivity index (χ0n) is 46.1. The van der Waals surface area contributed by atoms with Crippen LogP contribution in [-0.2, 0) is 28.6 Å². The van der Waals surface area contributed by atoms with Crippen LogP contribution in [0, 0.1) is 0 Å². The summed E-state index contributed by atoms with van der Waals surface area (Å²) in [5, 5.41) is 0. The lowest BCUT2D eigenvalue weighted by Crippen LogP contribution is -2.30. The molecule has 6 nitrogen and oxygen atoms in total. The van der Waals surface area contributed by atoms with Crippen LogP contribution >= 0.6 is 0 Å². The second-order valence-corrected chi connectivity index (χ2v) is 20.3. The summed E-state index contributed by atoms with van der Waals surface area (Å²) in [5.74, 6) is -0.884. The summed E-state index contributed by atoms with van der Waals surface area (Å²) in [5.41, 5.74) is 0. The van der Waals surface area contributed by atoms with Crippen molar-refractivity contribution in [2.75, 3.05) is 13.2 Å². The predicted octanol–water partition coefficient (Wildman–Crippen LogP) is 20.2. The summed E-state index contributed by atoms with van der Waals surface area (Å²) >= 11 is 0. The highest BCUT2D eigenvalue weighted by Gasteiger charge is 2.19. The van der Waals surface area contributed by atoms with E-state index in [2.05, 4.69) is 69.4 Å². The largest absolute Gasteiger partial charge is 0.462 e. The number of hydrogen-bond donors (Lipinski definition) is 0. The third kappa shape index (κ3) is 56.2. The van der Waals surface area contributed by atoms with Gasteiger partial charge in [0.1, 0.15) is 13.2 Å². The third-order valence-corrected chi connectivity index (χ3v) is 13.3. The van der Waals surface area contributed by atoms with E-state index in [-0.39, 0.29) is 31.1 Å². The minimum absolute atomic E-state index is 0.0754. The number of carbonyl (C=O) groups is 3. The van der Waals surface area contributed by atoms with Crippen molar-refractivity contribution in [3.8, 4) is 0 Å². The Balaban J connectivity index is 3.98. The van der Waals surface area contributed by atoms with Crippen LogP contribution in [0.3, 0.4) is 0 Å². The van der Waals surface area contributed by atoms with Gasteiger partial charge in [0.25, 0.3) is 0 Å². The van der Waals surface area contributed by atoms with E-state index in [1.165, 1.54) is 180 Å². The molecule has 0 aliphatic carbocycles. The van der Waals surface area contributed by atoms with E-state index in [9.17, 15) is 14.4 Å². The molecule has 0 aliphatic heterocycles. The molecule has 1 unspecified atom stereocenters. The maximum Gasteiger partial charge on any atom is 0.306 e. The Hall–Kier alpha value is -2.63. The molecule has 0 saturated heterocycles. The van der Waals surface area contributed by atoms with Gasteiger partial charge in [-0.2, -0.15) is 0 Å². The standard InChI is InChI=1S/C63H114O6/c1-4-7-10-13-16-18-20-22-23-24-25-26-27-28-29-30-31-32-33-34-35-36-37-38-39-41-42-44-47-50-53-56-62(65)68-59-60(58-67-61(64)55-52-49-46-15-12-9-6-3)69-63(66)57-54-51-48-45-43-40-21-19-17-14-11-8-5-2/h11,14,19-22,24-25,60H,4-10,12-13,15-18,23,26-59H2,1-3H3/b14-11-,21-19-,22-20-,25-24-. The van der Waals surface area contributed by atoms with Crippen molar-refractivity contribution in [3.63, 3.8) is 0 Å². The number of rotatable bonds is 55. The second-order valence-electron chi connectivity index (χ2n) is 20.3. The Bertz CT molecular complexity index is 1200. The summed E-state index contributed by atoms with van der Waals surface area (Å²) in [6, 6.07) is 0. The topological polar surface area (TPSA) is 78.9 Å². The molecule has 69 heavy (non-hydrogen) atoms. The van der Waals surface area contributed by atoms with E-state index >= 15 is 0 Å². The van der Waals surface area contributed by atoms with Gasteiger partial charge in [0.2, 0.25) is 0 Å². The van der Waals surface area contributed by atoms with Crippen LogP contribution in [0.1, 0.15) is 316 Å². The van der Waals surface area contributed by atoms with Crippen molar-refractivity contribution in [2.24, 2.45) is 0 Å². The van der Waals surface area contributed by atoms with E-state index in [1.807, 2.05) is 0 Å². The SMILES string of the molecule is CCC/C=C\C/C=C\CCCCCCCC(=O)OC(COC(=O)CCCCCCCCC)COC(=O)CCCCCCCCCCCCCCCCCCCCC/C=C\C/C=C\CCCCCCC. The summed E-state index contributed by atoms with van der Waals surface area (Å²) in [7, 11) is 0. The molecule has 402 valence electrons. The summed E-state index contributed by atoms with van der Waals surface area (Å²) in [6.45, 7) is 6.54. The van der Waals surface area contributed by atoms with E-state index in [0.29, 0.717) is 19.3 Å². The van der Waals surface area contributed by atoms with Gasteiger partial charge in [-0.05, 0) is 77.0 Å². The van der Waals surface area contributed by atoms with Crippen molar-refractivity contribution in [1.82, 2.24) is 0 Å². The molecule has 0 bridgehead atoms. The highest BCUT2D eigenvalue weighted by atomic mass is 16.6. The summed E-state index contributed by atoms with van der Waals surface area (Å²) in [6.07, 6.45) is 71.5. The van der Waals surface area contributed by atoms with Crippen LogP contribution in [0.25, 0.3) is 0 Å². The van der Waals surface area contributed by atoms with Crippen LogP contribution in [0.4, 0.5) is 0 Å². The number of ether oxygens (including phenoxy) is 3. The molecule has 0 fully saturated rings. The number of unbranched alkanes of at least 4 members (excludes halogenated alkanes) is 36. The zero-order valence-corrected chi connectivity index (χ0v) is 46.1. The van der Waals surface area contributed by atoms with Crippen molar-refractivity contribution >= 4 is 17.9 Å². The Morgan fingerprint density at radius 3 is 0.855 bits per heavy atom. The van der Waals surface area contributed by atoms with Crippen LogP contribution < -0.4 is 0 Å². The van der Waals surface area contributed by atoms with Gasteiger partial charge >= 0.3 is 17.9 Å². The van der Waals surface area contributed by atoms with Gasteiger partial charge in [0, 0.05) is 19.3 Å². The number of esters is 3. The lowest BCUT2D eigenvalue weighted by molar-refractivity contribution is -0.167. The molecule has 0 aromatic carbocycles. The fourth-order valence-corrected chi connectivity index (χ4v) is 8.75. The smallest absolute Gasteiger partial charge is 0.306 e. The molecule has 0 radical (unpaired) electrons. The fraction of sp³-hybridized carbons (Fsp3) is 0.825. The third-order valence-electron chi connectivity index (χ3n) is 13.3. The molecule has 0 saturated carbocycles. The minimum Gasteiger partial charge on any atom is -0.462 e. The van der Waals surface area contributed by atoms with E-state index in [1.54, 1.807) is 0 Å². The summed E-state index contributed by atoms with van der Waals surface area (Å²) in [4.78, 5) is 37.9. The second kappa shape index (κ2) is 57.9. The monoisotopic (exact) mass is 967 g/mol. The van der Waals surface area contributed by atoms with Crippen molar-refractivity contribution < 1.29 is 28.6 Å². The predicted molar refractivity (Wildman–Crippen MR) is 298 cm³/mol. The Morgan fingerprint density at radius 1 is 0.290 bits per heavy atom. The first-order valence-corrected chi connectivity index (χ1v) is 30.1. The summed E-state index contributed by atoms with van der Waals surface area (Å²) < 4.78 is 16.8. The average Bonchev–Trinajstić information content (AvgIpc) is 3.35. The number of hydrogen-bond acceptors (Lipinski definition) is 6. The van der Waals surface area contributed by atoms with E-state index < -0.39 is 6.10 Å². The Morgan fingerprint density at radius 2 is 0.551 bits per heavy atom. The average molecular weight is 968 g/mol. The van der Waals surface area contributed by atoms with Gasteiger partial charge in [-0.15, -0.1) is 0 Å². The maximum absolute atomic E-state index is 12.8. The van der Waals surface area contributed by atoms with E-state index in [0.717, 1.165) is 96.3 Å². The molecule has 1 atom stereocenters.